The van der Waals surface area contributed by atoms with Crippen LogP contribution in [0.25, 0.3) is 0 Å². The van der Waals surface area contributed by atoms with Crippen LogP contribution in [0.2, 0.25) is 0 Å². The first-order valence-electron chi connectivity index (χ1n) is 4.56. The van der Waals surface area contributed by atoms with Crippen molar-refractivity contribution in [3.63, 3.8) is 0 Å². The molecule has 0 aromatic heterocycles. The van der Waals surface area contributed by atoms with Crippen molar-refractivity contribution in [3.05, 3.63) is 29.3 Å². The number of thiol groups is 1. The molecule has 1 aliphatic rings. The van der Waals surface area contributed by atoms with Crippen LogP contribution in [0.1, 0.15) is 24.5 Å². The zero-order chi connectivity index (χ0) is 8.55. The van der Waals surface area contributed by atoms with Gasteiger partial charge in [0.1, 0.15) is 0 Å². The highest BCUT2D eigenvalue weighted by molar-refractivity contribution is 7.80. The maximum atomic E-state index is 4.34. The molecule has 0 saturated heterocycles. The van der Waals surface area contributed by atoms with Crippen LogP contribution < -0.4 is 0 Å². The van der Waals surface area contributed by atoms with Gasteiger partial charge in [-0.3, -0.25) is 0 Å². The minimum atomic E-state index is 0.864. The van der Waals surface area contributed by atoms with Gasteiger partial charge < -0.3 is 0 Å². The van der Waals surface area contributed by atoms with E-state index in [0.29, 0.717) is 0 Å². The third-order valence-electron chi connectivity index (χ3n) is 2.66. The highest BCUT2D eigenvalue weighted by Gasteiger charge is 2.14. The topological polar surface area (TPSA) is 0 Å². The van der Waals surface area contributed by atoms with E-state index in [1.807, 2.05) is 0 Å². The molecule has 0 bridgehead atoms. The van der Waals surface area contributed by atoms with E-state index in [4.69, 9.17) is 0 Å². The molecule has 1 atom stereocenters. The third kappa shape index (κ3) is 1.51. The van der Waals surface area contributed by atoms with Crippen LogP contribution in [-0.4, -0.2) is 0 Å². The lowest BCUT2D eigenvalue weighted by Crippen LogP contribution is -2.10. The summed E-state index contributed by atoms with van der Waals surface area (Å²) in [5, 5.41) is 0. The Balaban J connectivity index is 2.37. The Morgan fingerprint density at radius 3 is 3.00 bits per heavy atom. The lowest BCUT2D eigenvalue weighted by Gasteiger charge is -2.21. The van der Waals surface area contributed by atoms with Crippen LogP contribution in [0, 0.1) is 5.92 Å². The average molecular weight is 178 g/mol. The zero-order valence-corrected chi connectivity index (χ0v) is 8.27. The van der Waals surface area contributed by atoms with Crippen molar-refractivity contribution in [2.45, 2.75) is 31.1 Å². The van der Waals surface area contributed by atoms with Gasteiger partial charge in [-0.2, -0.15) is 0 Å². The summed E-state index contributed by atoms with van der Waals surface area (Å²) in [5.74, 6) is 0.864. The van der Waals surface area contributed by atoms with Crippen molar-refractivity contribution in [1.29, 1.82) is 0 Å². The summed E-state index contributed by atoms with van der Waals surface area (Å²) in [6, 6.07) is 6.54. The largest absolute Gasteiger partial charge is 0.143 e. The second-order valence-electron chi connectivity index (χ2n) is 3.80. The second-order valence-corrected chi connectivity index (χ2v) is 4.32. The molecule has 1 aliphatic carbocycles. The third-order valence-corrected chi connectivity index (χ3v) is 2.94. The lowest BCUT2D eigenvalue weighted by molar-refractivity contribution is 0.500. The van der Waals surface area contributed by atoms with Gasteiger partial charge >= 0.3 is 0 Å². The van der Waals surface area contributed by atoms with Gasteiger partial charge in [-0.1, -0.05) is 13.0 Å². The summed E-state index contributed by atoms with van der Waals surface area (Å²) in [4.78, 5) is 1.10. The van der Waals surface area contributed by atoms with Crippen molar-refractivity contribution in [3.8, 4) is 0 Å². The fourth-order valence-corrected chi connectivity index (χ4v) is 2.15. The van der Waals surface area contributed by atoms with Crippen LogP contribution in [0.15, 0.2) is 23.1 Å². The molecule has 0 fully saturated rings. The van der Waals surface area contributed by atoms with E-state index in [9.17, 15) is 0 Å². The van der Waals surface area contributed by atoms with Gasteiger partial charge in [0.05, 0.1) is 0 Å². The molecule has 1 aromatic carbocycles. The van der Waals surface area contributed by atoms with E-state index in [2.05, 4.69) is 37.8 Å². The summed E-state index contributed by atoms with van der Waals surface area (Å²) < 4.78 is 0. The standard InChI is InChI=1S/C11H14S/c1-8-2-3-10-7-11(12)5-4-9(10)6-8/h4-5,7-8,12H,2-3,6H2,1H3. The molecule has 0 amide bonds. The van der Waals surface area contributed by atoms with E-state index in [-0.39, 0.29) is 0 Å². The number of hydrogen-bond acceptors (Lipinski definition) is 1. The molecule has 0 heterocycles. The molecule has 12 heavy (non-hydrogen) atoms. The van der Waals surface area contributed by atoms with Crippen molar-refractivity contribution in [2.75, 3.05) is 0 Å². The molecule has 1 unspecified atom stereocenters. The first-order chi connectivity index (χ1) is 5.75. The number of benzene rings is 1. The number of aryl methyl sites for hydroxylation is 1. The smallest absolute Gasteiger partial charge is 0.00429 e. The van der Waals surface area contributed by atoms with Gasteiger partial charge in [0.15, 0.2) is 0 Å². The van der Waals surface area contributed by atoms with E-state index in [1.165, 1.54) is 30.4 Å². The fourth-order valence-electron chi connectivity index (χ4n) is 1.92. The Labute approximate surface area is 79.4 Å². The molecule has 1 heteroatoms. The Morgan fingerprint density at radius 1 is 1.33 bits per heavy atom. The van der Waals surface area contributed by atoms with E-state index in [1.54, 1.807) is 0 Å². The molecule has 0 nitrogen and oxygen atoms in total. The molecule has 2 rings (SSSR count). The van der Waals surface area contributed by atoms with Crippen molar-refractivity contribution in [2.24, 2.45) is 5.92 Å². The predicted molar refractivity (Wildman–Crippen MR) is 54.9 cm³/mol. The highest BCUT2D eigenvalue weighted by Crippen LogP contribution is 2.26. The van der Waals surface area contributed by atoms with Gasteiger partial charge in [-0.15, -0.1) is 12.6 Å². The number of fused-ring (bicyclic) bond motifs is 1. The Morgan fingerprint density at radius 2 is 2.17 bits per heavy atom. The molecule has 0 N–H and O–H groups in total. The number of hydrogen-bond donors (Lipinski definition) is 1. The molecular formula is C11H14S. The maximum absolute atomic E-state index is 4.34. The van der Waals surface area contributed by atoms with Crippen LogP contribution in [-0.2, 0) is 12.8 Å². The summed E-state index contributed by atoms with van der Waals surface area (Å²) in [5.41, 5.74) is 3.05. The SMILES string of the molecule is CC1CCc2cc(S)ccc2C1. The van der Waals surface area contributed by atoms with Gasteiger partial charge in [0.25, 0.3) is 0 Å². The van der Waals surface area contributed by atoms with E-state index in [0.717, 1.165) is 10.8 Å². The Hall–Kier alpha value is -0.430. The highest BCUT2D eigenvalue weighted by atomic mass is 32.1. The van der Waals surface area contributed by atoms with Crippen molar-refractivity contribution < 1.29 is 0 Å². The summed E-state index contributed by atoms with van der Waals surface area (Å²) in [7, 11) is 0. The van der Waals surface area contributed by atoms with Gasteiger partial charge in [0, 0.05) is 4.90 Å². The van der Waals surface area contributed by atoms with Gasteiger partial charge in [-0.05, 0) is 48.4 Å². The van der Waals surface area contributed by atoms with Crippen molar-refractivity contribution >= 4 is 12.6 Å². The number of rotatable bonds is 0. The molecule has 1 aromatic rings. The van der Waals surface area contributed by atoms with Crippen LogP contribution in [0.4, 0.5) is 0 Å². The van der Waals surface area contributed by atoms with Crippen LogP contribution >= 0.6 is 12.6 Å². The van der Waals surface area contributed by atoms with E-state index < -0.39 is 0 Å². The molecule has 0 aliphatic heterocycles. The molecule has 64 valence electrons. The molecule has 0 saturated carbocycles. The van der Waals surface area contributed by atoms with Gasteiger partial charge in [-0.25, -0.2) is 0 Å². The quantitative estimate of drug-likeness (QED) is 0.580. The predicted octanol–water partition coefficient (Wildman–Crippen LogP) is 3.10. The fraction of sp³-hybridized carbons (Fsp3) is 0.455. The second kappa shape index (κ2) is 3.14. The Kier molecular flexibility index (Phi) is 2.14. The maximum Gasteiger partial charge on any atom is 0.00429 e. The minimum absolute atomic E-state index is 0.864. The summed E-state index contributed by atoms with van der Waals surface area (Å²) in [6.07, 6.45) is 3.83. The van der Waals surface area contributed by atoms with Crippen LogP contribution in [0.5, 0.6) is 0 Å². The zero-order valence-electron chi connectivity index (χ0n) is 7.38. The normalized spacial score (nSPS) is 22.0. The first-order valence-corrected chi connectivity index (χ1v) is 5.01. The summed E-state index contributed by atoms with van der Waals surface area (Å²) in [6.45, 7) is 2.33. The van der Waals surface area contributed by atoms with Crippen LogP contribution in [0.3, 0.4) is 0 Å². The molecular weight excluding hydrogens is 164 g/mol. The average Bonchev–Trinajstić information content (AvgIpc) is 2.05. The molecule has 0 spiro atoms. The van der Waals surface area contributed by atoms with Gasteiger partial charge in [0.2, 0.25) is 0 Å². The van der Waals surface area contributed by atoms with Crippen molar-refractivity contribution in [1.82, 2.24) is 0 Å². The summed E-state index contributed by atoms with van der Waals surface area (Å²) >= 11 is 4.34. The lowest BCUT2D eigenvalue weighted by atomic mass is 9.85. The first kappa shape index (κ1) is 8.18. The van der Waals surface area contributed by atoms with E-state index >= 15 is 0 Å². The minimum Gasteiger partial charge on any atom is -0.143 e. The molecule has 0 radical (unpaired) electrons. The Bertz CT molecular complexity index is 291. The monoisotopic (exact) mass is 178 g/mol.